The van der Waals surface area contributed by atoms with Crippen LogP contribution in [0.15, 0.2) is 42.5 Å². The van der Waals surface area contributed by atoms with Crippen LogP contribution >= 0.6 is 11.6 Å². The van der Waals surface area contributed by atoms with Gasteiger partial charge in [-0.3, -0.25) is 4.79 Å². The van der Waals surface area contributed by atoms with E-state index < -0.39 is 0 Å². The zero-order valence-electron chi connectivity index (χ0n) is 12.7. The predicted octanol–water partition coefficient (Wildman–Crippen LogP) is 3.85. The van der Waals surface area contributed by atoms with Gasteiger partial charge >= 0.3 is 0 Å². The first-order valence-corrected chi connectivity index (χ1v) is 7.21. The van der Waals surface area contributed by atoms with E-state index in [1.807, 2.05) is 25.1 Å². The number of methoxy groups -OCH3 is 2. The van der Waals surface area contributed by atoms with Gasteiger partial charge in [-0.25, -0.2) is 0 Å². The molecule has 0 aliphatic carbocycles. The van der Waals surface area contributed by atoms with E-state index in [1.54, 1.807) is 31.4 Å². The molecule has 116 valence electrons. The van der Waals surface area contributed by atoms with Crippen molar-refractivity contribution in [3.8, 4) is 11.5 Å². The Bertz CT molecular complexity index is 673. The lowest BCUT2D eigenvalue weighted by molar-refractivity contribution is 0.0939. The third kappa shape index (κ3) is 3.71. The molecule has 0 heterocycles. The summed E-state index contributed by atoms with van der Waals surface area (Å²) in [4.78, 5) is 12.3. The fraction of sp³-hybridized carbons (Fsp3) is 0.235. The van der Waals surface area contributed by atoms with Crippen molar-refractivity contribution in [3.63, 3.8) is 0 Å². The lowest BCUT2D eigenvalue weighted by atomic mass is 10.1. The molecule has 2 rings (SSSR count). The minimum atomic E-state index is -0.187. The van der Waals surface area contributed by atoms with Gasteiger partial charge < -0.3 is 14.8 Å². The van der Waals surface area contributed by atoms with Gasteiger partial charge in [-0.2, -0.15) is 0 Å². The molecule has 0 saturated carbocycles. The van der Waals surface area contributed by atoms with Crippen LogP contribution in [0.25, 0.3) is 0 Å². The van der Waals surface area contributed by atoms with Crippen LogP contribution in [0.5, 0.6) is 11.5 Å². The number of amides is 1. The average molecular weight is 320 g/mol. The first kappa shape index (κ1) is 16.2. The van der Waals surface area contributed by atoms with Crippen LogP contribution in [-0.2, 0) is 0 Å². The van der Waals surface area contributed by atoms with E-state index in [-0.39, 0.29) is 11.9 Å². The summed E-state index contributed by atoms with van der Waals surface area (Å²) in [6.45, 7) is 1.91. The summed E-state index contributed by atoms with van der Waals surface area (Å²) in [5, 5.41) is 3.58. The summed E-state index contributed by atoms with van der Waals surface area (Å²) in [6, 6.07) is 12.3. The van der Waals surface area contributed by atoms with E-state index in [2.05, 4.69) is 5.32 Å². The highest BCUT2D eigenvalue weighted by Gasteiger charge is 2.14. The monoisotopic (exact) mass is 319 g/mol. The van der Waals surface area contributed by atoms with E-state index in [4.69, 9.17) is 21.1 Å². The van der Waals surface area contributed by atoms with Crippen molar-refractivity contribution in [2.24, 2.45) is 0 Å². The number of carbonyl (C=O) groups excluding carboxylic acids is 1. The molecular formula is C17H18ClNO3. The molecule has 5 heteroatoms. The standard InChI is InChI=1S/C17H18ClNO3/c1-11(12-5-4-6-14(18)9-12)19-17(20)13-7-8-15(21-2)16(10-13)22-3/h4-11H,1-3H3,(H,19,20). The molecule has 2 aromatic rings. The molecule has 1 atom stereocenters. The molecule has 0 radical (unpaired) electrons. The van der Waals surface area contributed by atoms with Crippen molar-refractivity contribution in [3.05, 3.63) is 58.6 Å². The quantitative estimate of drug-likeness (QED) is 0.910. The van der Waals surface area contributed by atoms with Gasteiger partial charge in [0.2, 0.25) is 0 Å². The second kappa shape index (κ2) is 7.18. The lowest BCUT2D eigenvalue weighted by Gasteiger charge is -2.15. The van der Waals surface area contributed by atoms with E-state index in [1.165, 1.54) is 7.11 Å². The van der Waals surface area contributed by atoms with Gasteiger partial charge in [0.1, 0.15) is 0 Å². The normalized spacial score (nSPS) is 11.6. The van der Waals surface area contributed by atoms with Gasteiger partial charge in [-0.05, 0) is 42.8 Å². The van der Waals surface area contributed by atoms with Crippen molar-refractivity contribution in [1.29, 1.82) is 0 Å². The van der Waals surface area contributed by atoms with Gasteiger partial charge in [0, 0.05) is 10.6 Å². The highest BCUT2D eigenvalue weighted by atomic mass is 35.5. The zero-order chi connectivity index (χ0) is 16.1. The maximum atomic E-state index is 12.3. The minimum Gasteiger partial charge on any atom is -0.493 e. The van der Waals surface area contributed by atoms with E-state index in [9.17, 15) is 4.79 Å². The first-order chi connectivity index (χ1) is 10.5. The molecule has 0 aliphatic heterocycles. The maximum Gasteiger partial charge on any atom is 0.251 e. The van der Waals surface area contributed by atoms with Crippen LogP contribution in [0.1, 0.15) is 28.9 Å². The Morgan fingerprint density at radius 3 is 2.45 bits per heavy atom. The van der Waals surface area contributed by atoms with E-state index in [0.29, 0.717) is 22.1 Å². The summed E-state index contributed by atoms with van der Waals surface area (Å²) in [5.41, 5.74) is 1.45. The topological polar surface area (TPSA) is 47.6 Å². The summed E-state index contributed by atoms with van der Waals surface area (Å²) >= 11 is 5.97. The molecule has 0 bridgehead atoms. The van der Waals surface area contributed by atoms with E-state index in [0.717, 1.165) is 5.56 Å². The van der Waals surface area contributed by atoms with Crippen LogP contribution in [0.2, 0.25) is 5.02 Å². The van der Waals surface area contributed by atoms with Crippen molar-refractivity contribution in [1.82, 2.24) is 5.32 Å². The third-order valence-electron chi connectivity index (χ3n) is 3.34. The minimum absolute atomic E-state index is 0.153. The highest BCUT2D eigenvalue weighted by molar-refractivity contribution is 6.30. The van der Waals surface area contributed by atoms with Crippen molar-refractivity contribution < 1.29 is 14.3 Å². The van der Waals surface area contributed by atoms with Gasteiger partial charge in [0.05, 0.1) is 20.3 Å². The smallest absolute Gasteiger partial charge is 0.251 e. The van der Waals surface area contributed by atoms with Crippen LogP contribution in [-0.4, -0.2) is 20.1 Å². The van der Waals surface area contributed by atoms with Crippen LogP contribution in [0.4, 0.5) is 0 Å². The second-order valence-electron chi connectivity index (χ2n) is 4.82. The van der Waals surface area contributed by atoms with Crippen molar-refractivity contribution in [2.45, 2.75) is 13.0 Å². The van der Waals surface area contributed by atoms with Crippen LogP contribution in [0.3, 0.4) is 0 Å². The number of halogens is 1. The molecular weight excluding hydrogens is 302 g/mol. The summed E-state index contributed by atoms with van der Waals surface area (Å²) in [7, 11) is 3.09. The molecule has 0 aliphatic rings. The Hall–Kier alpha value is -2.20. The van der Waals surface area contributed by atoms with Crippen LogP contribution in [0, 0.1) is 0 Å². The highest BCUT2D eigenvalue weighted by Crippen LogP contribution is 2.27. The molecule has 22 heavy (non-hydrogen) atoms. The lowest BCUT2D eigenvalue weighted by Crippen LogP contribution is -2.26. The average Bonchev–Trinajstić information content (AvgIpc) is 2.54. The maximum absolute atomic E-state index is 12.3. The summed E-state index contributed by atoms with van der Waals surface area (Å²) < 4.78 is 10.4. The van der Waals surface area contributed by atoms with Crippen molar-refractivity contribution in [2.75, 3.05) is 14.2 Å². The number of benzene rings is 2. The molecule has 1 unspecified atom stereocenters. The Balaban J connectivity index is 2.15. The van der Waals surface area contributed by atoms with Gasteiger partial charge in [0.15, 0.2) is 11.5 Å². The van der Waals surface area contributed by atoms with Crippen LogP contribution < -0.4 is 14.8 Å². The Morgan fingerprint density at radius 1 is 1.09 bits per heavy atom. The molecule has 1 amide bonds. The molecule has 0 spiro atoms. The predicted molar refractivity (Wildman–Crippen MR) is 86.9 cm³/mol. The summed E-state index contributed by atoms with van der Waals surface area (Å²) in [5.74, 6) is 0.918. The number of carbonyl (C=O) groups is 1. The van der Waals surface area contributed by atoms with Gasteiger partial charge in [0.25, 0.3) is 5.91 Å². The fourth-order valence-electron chi connectivity index (χ4n) is 2.12. The molecule has 4 nitrogen and oxygen atoms in total. The number of nitrogens with one attached hydrogen (secondary N) is 1. The first-order valence-electron chi connectivity index (χ1n) is 6.83. The largest absolute Gasteiger partial charge is 0.493 e. The number of ether oxygens (including phenoxy) is 2. The SMILES string of the molecule is COc1ccc(C(=O)NC(C)c2cccc(Cl)c2)cc1OC. The fourth-order valence-corrected chi connectivity index (χ4v) is 2.32. The molecule has 0 saturated heterocycles. The molecule has 0 aromatic heterocycles. The molecule has 1 N–H and O–H groups in total. The molecule has 0 fully saturated rings. The summed E-state index contributed by atoms with van der Waals surface area (Å²) in [6.07, 6.45) is 0. The number of hydrogen-bond donors (Lipinski definition) is 1. The Labute approximate surface area is 135 Å². The Morgan fingerprint density at radius 2 is 1.82 bits per heavy atom. The van der Waals surface area contributed by atoms with Crippen molar-refractivity contribution >= 4 is 17.5 Å². The van der Waals surface area contributed by atoms with E-state index >= 15 is 0 Å². The zero-order valence-corrected chi connectivity index (χ0v) is 13.5. The number of hydrogen-bond acceptors (Lipinski definition) is 3. The third-order valence-corrected chi connectivity index (χ3v) is 3.58. The van der Waals surface area contributed by atoms with Gasteiger partial charge in [-0.15, -0.1) is 0 Å². The number of rotatable bonds is 5. The second-order valence-corrected chi connectivity index (χ2v) is 5.26. The molecule has 2 aromatic carbocycles. The van der Waals surface area contributed by atoms with Gasteiger partial charge in [-0.1, -0.05) is 23.7 Å². The Kier molecular flexibility index (Phi) is 5.28.